The lowest BCUT2D eigenvalue weighted by Crippen LogP contribution is -2.08. The molecule has 3 rings (SSSR count). The molecule has 2 heterocycles. The highest BCUT2D eigenvalue weighted by Gasteiger charge is 2.26. The SMILES string of the molecule is CCOC(=O)c1c(N/C=C(/C#N)c2nc(-c3ccc([N+](=O)[O-])cc3)cs2)sc(C(=O)OC)c1C. The number of nitriles is 1. The molecule has 12 heteroatoms. The number of nitrogens with zero attached hydrogens (tertiary/aromatic N) is 3. The lowest BCUT2D eigenvalue weighted by molar-refractivity contribution is -0.384. The summed E-state index contributed by atoms with van der Waals surface area (Å²) in [5.74, 6) is -1.19. The highest BCUT2D eigenvalue weighted by atomic mass is 32.1. The molecule has 34 heavy (non-hydrogen) atoms. The molecule has 174 valence electrons. The summed E-state index contributed by atoms with van der Waals surface area (Å²) in [5, 5.41) is 25.9. The fourth-order valence-electron chi connectivity index (χ4n) is 2.92. The Bertz CT molecular complexity index is 1320. The van der Waals surface area contributed by atoms with Crippen LogP contribution in [-0.4, -0.2) is 35.6 Å². The minimum atomic E-state index is -0.601. The summed E-state index contributed by atoms with van der Waals surface area (Å²) in [4.78, 5) is 39.6. The number of aromatic nitrogens is 1. The Hall–Kier alpha value is -4.08. The van der Waals surface area contributed by atoms with E-state index < -0.39 is 16.9 Å². The minimum absolute atomic E-state index is 0.0315. The van der Waals surface area contributed by atoms with Crippen molar-refractivity contribution < 1.29 is 24.0 Å². The van der Waals surface area contributed by atoms with Crippen molar-refractivity contribution >= 4 is 50.9 Å². The van der Waals surface area contributed by atoms with Gasteiger partial charge >= 0.3 is 11.9 Å². The Kier molecular flexibility index (Phi) is 7.72. The zero-order valence-corrected chi connectivity index (χ0v) is 19.9. The Morgan fingerprint density at radius 1 is 1.29 bits per heavy atom. The number of hydrogen-bond donors (Lipinski definition) is 1. The molecule has 0 saturated carbocycles. The predicted molar refractivity (Wildman–Crippen MR) is 128 cm³/mol. The van der Waals surface area contributed by atoms with E-state index in [1.807, 2.05) is 0 Å². The molecule has 1 N–H and O–H groups in total. The number of rotatable bonds is 8. The van der Waals surface area contributed by atoms with Crippen molar-refractivity contribution in [1.82, 2.24) is 4.98 Å². The maximum Gasteiger partial charge on any atom is 0.348 e. The smallest absolute Gasteiger partial charge is 0.348 e. The van der Waals surface area contributed by atoms with Crippen molar-refractivity contribution in [3.63, 3.8) is 0 Å². The fraction of sp³-hybridized carbons (Fsp3) is 0.182. The Morgan fingerprint density at radius 3 is 2.59 bits per heavy atom. The monoisotopic (exact) mass is 498 g/mol. The summed E-state index contributed by atoms with van der Waals surface area (Å²) < 4.78 is 9.89. The van der Waals surface area contributed by atoms with Gasteiger partial charge in [-0.15, -0.1) is 22.7 Å². The maximum atomic E-state index is 12.5. The van der Waals surface area contributed by atoms with Gasteiger partial charge in [0, 0.05) is 29.3 Å². The van der Waals surface area contributed by atoms with E-state index in [1.165, 1.54) is 36.8 Å². The molecule has 0 aliphatic rings. The van der Waals surface area contributed by atoms with Crippen molar-refractivity contribution in [2.75, 3.05) is 19.0 Å². The highest BCUT2D eigenvalue weighted by Crippen LogP contribution is 2.35. The lowest BCUT2D eigenvalue weighted by Gasteiger charge is -2.05. The molecule has 1 aromatic carbocycles. The molecule has 0 amide bonds. The normalized spacial score (nSPS) is 10.9. The zero-order chi connectivity index (χ0) is 24.8. The van der Waals surface area contributed by atoms with E-state index in [9.17, 15) is 25.0 Å². The number of methoxy groups -OCH3 is 1. The van der Waals surface area contributed by atoms with Crippen LogP contribution < -0.4 is 5.32 Å². The number of nitro benzene ring substituents is 1. The van der Waals surface area contributed by atoms with Crippen molar-refractivity contribution in [3.05, 3.63) is 67.0 Å². The number of nitrogens with one attached hydrogen (secondary N) is 1. The largest absolute Gasteiger partial charge is 0.465 e. The molecule has 0 atom stereocenters. The molecule has 3 aromatic rings. The van der Waals surface area contributed by atoms with Gasteiger partial charge in [-0.1, -0.05) is 0 Å². The molecule has 0 aliphatic heterocycles. The van der Waals surface area contributed by atoms with Crippen LogP contribution in [0.5, 0.6) is 0 Å². The van der Waals surface area contributed by atoms with Crippen LogP contribution >= 0.6 is 22.7 Å². The second-order valence-corrected chi connectivity index (χ2v) is 8.51. The lowest BCUT2D eigenvalue weighted by atomic mass is 10.1. The van der Waals surface area contributed by atoms with Crippen LogP contribution in [0.15, 0.2) is 35.8 Å². The third kappa shape index (κ3) is 5.11. The van der Waals surface area contributed by atoms with Gasteiger partial charge in [0.2, 0.25) is 0 Å². The van der Waals surface area contributed by atoms with Crippen LogP contribution in [0.1, 0.15) is 37.5 Å². The molecule has 0 spiro atoms. The van der Waals surface area contributed by atoms with Gasteiger partial charge in [-0.05, 0) is 31.5 Å². The second-order valence-electron chi connectivity index (χ2n) is 6.63. The molecule has 10 nitrogen and oxygen atoms in total. The minimum Gasteiger partial charge on any atom is -0.465 e. The van der Waals surface area contributed by atoms with E-state index >= 15 is 0 Å². The van der Waals surface area contributed by atoms with Crippen molar-refractivity contribution in [2.24, 2.45) is 0 Å². The number of thiazole rings is 1. The van der Waals surface area contributed by atoms with Gasteiger partial charge in [0.1, 0.15) is 26.5 Å². The Balaban J connectivity index is 1.91. The standard InChI is InChI=1S/C22H18N4O6S2/c1-4-32-21(27)17-12(2)18(22(28)31-3)34-20(17)24-10-14(9-23)19-25-16(11-33-19)13-5-7-15(8-6-13)26(29)30/h5-8,10-11,24H,4H2,1-3H3/b14-10-. The maximum absolute atomic E-state index is 12.5. The van der Waals surface area contributed by atoms with Gasteiger partial charge in [-0.3, -0.25) is 10.1 Å². The Labute approximate surface area is 202 Å². The second kappa shape index (κ2) is 10.7. The van der Waals surface area contributed by atoms with E-state index in [-0.39, 0.29) is 28.3 Å². The number of esters is 2. The van der Waals surface area contributed by atoms with E-state index in [0.29, 0.717) is 26.8 Å². The van der Waals surface area contributed by atoms with Crippen molar-refractivity contribution in [1.29, 1.82) is 5.26 Å². The first kappa shape index (κ1) is 24.6. The van der Waals surface area contributed by atoms with Gasteiger partial charge < -0.3 is 14.8 Å². The van der Waals surface area contributed by atoms with Crippen LogP contribution in [0, 0.1) is 28.4 Å². The Morgan fingerprint density at radius 2 is 2.00 bits per heavy atom. The first-order chi connectivity index (χ1) is 16.3. The van der Waals surface area contributed by atoms with E-state index in [4.69, 9.17) is 9.47 Å². The number of ether oxygens (including phenoxy) is 2. The van der Waals surface area contributed by atoms with Crippen LogP contribution in [0.4, 0.5) is 10.7 Å². The van der Waals surface area contributed by atoms with Crippen LogP contribution in [-0.2, 0) is 9.47 Å². The summed E-state index contributed by atoms with van der Waals surface area (Å²) in [6.45, 7) is 3.45. The van der Waals surface area contributed by atoms with Crippen LogP contribution in [0.2, 0.25) is 0 Å². The predicted octanol–water partition coefficient (Wildman–Crippen LogP) is 5.03. The number of allylic oxidation sites excluding steroid dienone is 1. The molecule has 0 fully saturated rings. The van der Waals surface area contributed by atoms with E-state index in [1.54, 1.807) is 31.4 Å². The van der Waals surface area contributed by atoms with Crippen LogP contribution in [0.25, 0.3) is 16.8 Å². The number of hydrogen-bond acceptors (Lipinski definition) is 11. The highest BCUT2D eigenvalue weighted by molar-refractivity contribution is 7.18. The van der Waals surface area contributed by atoms with Gasteiger partial charge in [-0.2, -0.15) is 5.26 Å². The molecule has 0 aliphatic carbocycles. The fourth-order valence-corrected chi connectivity index (χ4v) is 4.79. The number of thiophene rings is 1. The third-order valence-corrected chi connectivity index (χ3v) is 6.65. The molecule has 0 unspecified atom stereocenters. The average Bonchev–Trinajstić information content (AvgIpc) is 3.44. The topological polar surface area (TPSA) is 144 Å². The first-order valence-corrected chi connectivity index (χ1v) is 11.5. The van der Waals surface area contributed by atoms with Gasteiger partial charge in [0.25, 0.3) is 5.69 Å². The van der Waals surface area contributed by atoms with Crippen LogP contribution in [0.3, 0.4) is 0 Å². The number of benzene rings is 1. The first-order valence-electron chi connectivity index (χ1n) is 9.77. The summed E-state index contributed by atoms with van der Waals surface area (Å²) in [7, 11) is 1.25. The number of carbonyl (C=O) groups is 2. The number of non-ortho nitro benzene ring substituents is 1. The molecule has 0 saturated heterocycles. The van der Waals surface area contributed by atoms with Crippen molar-refractivity contribution in [2.45, 2.75) is 13.8 Å². The quantitative estimate of drug-likeness (QED) is 0.196. The summed E-state index contributed by atoms with van der Waals surface area (Å²) in [6.07, 6.45) is 1.40. The van der Waals surface area contributed by atoms with Gasteiger partial charge in [0.05, 0.1) is 29.9 Å². The molecule has 0 bridgehead atoms. The third-order valence-electron chi connectivity index (χ3n) is 4.57. The van der Waals surface area contributed by atoms with Crippen molar-refractivity contribution in [3.8, 4) is 17.3 Å². The molecule has 2 aromatic heterocycles. The summed E-state index contributed by atoms with van der Waals surface area (Å²) >= 11 is 2.23. The summed E-state index contributed by atoms with van der Waals surface area (Å²) in [5.41, 5.74) is 1.99. The summed E-state index contributed by atoms with van der Waals surface area (Å²) in [6, 6.07) is 7.99. The molecular weight excluding hydrogens is 480 g/mol. The number of carbonyl (C=O) groups excluding carboxylic acids is 2. The van der Waals surface area contributed by atoms with Gasteiger partial charge in [0.15, 0.2) is 0 Å². The van der Waals surface area contributed by atoms with E-state index in [2.05, 4.69) is 16.4 Å². The number of nitro groups is 1. The molecular formula is C22H18N4O6S2. The van der Waals surface area contributed by atoms with Gasteiger partial charge in [-0.25, -0.2) is 14.6 Å². The van der Waals surface area contributed by atoms with E-state index in [0.717, 1.165) is 11.3 Å². The zero-order valence-electron chi connectivity index (χ0n) is 18.3. The molecule has 0 radical (unpaired) electrons. The number of anilines is 1. The average molecular weight is 499 g/mol.